The van der Waals surface area contributed by atoms with Gasteiger partial charge in [0.25, 0.3) is 0 Å². The molecule has 0 aliphatic heterocycles. The second-order valence-electron chi connectivity index (χ2n) is 4.10. The fourth-order valence-electron chi connectivity index (χ4n) is 1.71. The third kappa shape index (κ3) is 3.26. The Morgan fingerprint density at radius 2 is 2.05 bits per heavy atom. The van der Waals surface area contributed by atoms with Gasteiger partial charge in [-0.25, -0.2) is 4.98 Å². The Morgan fingerprint density at radius 1 is 1.32 bits per heavy atom. The van der Waals surface area contributed by atoms with Crippen molar-refractivity contribution in [2.45, 2.75) is 20.3 Å². The summed E-state index contributed by atoms with van der Waals surface area (Å²) < 4.78 is 5.73. The van der Waals surface area contributed by atoms with Gasteiger partial charge in [-0.3, -0.25) is 0 Å². The van der Waals surface area contributed by atoms with E-state index in [1.54, 1.807) is 6.07 Å². The normalized spacial score (nSPS) is 10.2. The number of nitrogens with two attached hydrogens (primary N) is 1. The van der Waals surface area contributed by atoms with E-state index in [0.29, 0.717) is 5.69 Å². The molecule has 0 unspecified atom stereocenters. The van der Waals surface area contributed by atoms with Crippen molar-refractivity contribution in [2.75, 3.05) is 0 Å². The molecule has 2 aromatic rings. The van der Waals surface area contributed by atoms with E-state index in [2.05, 4.69) is 16.9 Å². The number of thiocarbonyl (C=S) groups is 1. The first-order valence-electron chi connectivity index (χ1n) is 6.01. The quantitative estimate of drug-likeness (QED) is 0.868. The standard InChI is InChI=1S/C14H15N3OS/c1-3-10-6-4-5-7-12(10)18-14-16-9(2)8-11(17-14)13(15)19/h4-8H,3H2,1-2H3,(H2,15,19). The van der Waals surface area contributed by atoms with Gasteiger partial charge in [0.1, 0.15) is 16.4 Å². The highest BCUT2D eigenvalue weighted by molar-refractivity contribution is 7.80. The van der Waals surface area contributed by atoms with E-state index in [1.165, 1.54) is 0 Å². The van der Waals surface area contributed by atoms with Crippen LogP contribution in [-0.2, 0) is 6.42 Å². The summed E-state index contributed by atoms with van der Waals surface area (Å²) in [4.78, 5) is 8.68. The summed E-state index contributed by atoms with van der Waals surface area (Å²) >= 11 is 4.93. The lowest BCUT2D eigenvalue weighted by molar-refractivity contribution is 0.435. The summed E-state index contributed by atoms with van der Waals surface area (Å²) in [6.45, 7) is 3.92. The van der Waals surface area contributed by atoms with Crippen molar-refractivity contribution in [3.05, 3.63) is 47.3 Å². The Balaban J connectivity index is 2.35. The fourth-order valence-corrected chi connectivity index (χ4v) is 1.81. The highest BCUT2D eigenvalue weighted by Gasteiger charge is 2.08. The lowest BCUT2D eigenvalue weighted by Gasteiger charge is -2.09. The van der Waals surface area contributed by atoms with Gasteiger partial charge in [-0.2, -0.15) is 4.98 Å². The number of hydrogen-bond acceptors (Lipinski definition) is 4. The summed E-state index contributed by atoms with van der Waals surface area (Å²) in [6, 6.07) is 9.80. The van der Waals surface area contributed by atoms with Crippen LogP contribution in [0.4, 0.5) is 0 Å². The van der Waals surface area contributed by atoms with Crippen LogP contribution in [0.25, 0.3) is 0 Å². The second-order valence-corrected chi connectivity index (χ2v) is 4.54. The van der Waals surface area contributed by atoms with Gasteiger partial charge in [0, 0.05) is 5.69 Å². The molecule has 0 fully saturated rings. The molecule has 2 rings (SSSR count). The van der Waals surface area contributed by atoms with Gasteiger partial charge in [0.05, 0.1) is 0 Å². The maximum atomic E-state index is 5.73. The minimum absolute atomic E-state index is 0.235. The van der Waals surface area contributed by atoms with Gasteiger partial charge in [0.15, 0.2) is 0 Å². The first-order valence-corrected chi connectivity index (χ1v) is 6.42. The molecule has 0 aliphatic carbocycles. The lowest BCUT2D eigenvalue weighted by Crippen LogP contribution is -2.13. The molecule has 0 spiro atoms. The van der Waals surface area contributed by atoms with E-state index < -0.39 is 0 Å². The molecule has 1 heterocycles. The Kier molecular flexibility index (Phi) is 4.06. The van der Waals surface area contributed by atoms with E-state index in [9.17, 15) is 0 Å². The maximum Gasteiger partial charge on any atom is 0.322 e. The molecule has 0 bridgehead atoms. The summed E-state index contributed by atoms with van der Waals surface area (Å²) in [5.41, 5.74) is 7.97. The maximum absolute atomic E-state index is 5.73. The molecule has 1 aromatic heterocycles. The van der Waals surface area contributed by atoms with Crippen LogP contribution >= 0.6 is 12.2 Å². The van der Waals surface area contributed by atoms with Crippen LogP contribution in [0.1, 0.15) is 23.9 Å². The van der Waals surface area contributed by atoms with E-state index >= 15 is 0 Å². The highest BCUT2D eigenvalue weighted by atomic mass is 32.1. The number of ether oxygens (including phenoxy) is 1. The van der Waals surface area contributed by atoms with Gasteiger partial charge in [0.2, 0.25) is 0 Å². The molecule has 0 atom stereocenters. The summed E-state index contributed by atoms with van der Waals surface area (Å²) in [5.74, 6) is 0.754. The number of nitrogens with zero attached hydrogens (tertiary/aromatic N) is 2. The zero-order valence-electron chi connectivity index (χ0n) is 10.9. The Labute approximate surface area is 117 Å². The lowest BCUT2D eigenvalue weighted by atomic mass is 10.1. The molecule has 2 N–H and O–H groups in total. The Hall–Kier alpha value is -2.01. The highest BCUT2D eigenvalue weighted by Crippen LogP contribution is 2.23. The SMILES string of the molecule is CCc1ccccc1Oc1nc(C)cc(C(N)=S)n1. The average molecular weight is 273 g/mol. The van der Waals surface area contributed by atoms with Crippen molar-refractivity contribution in [1.29, 1.82) is 0 Å². The van der Waals surface area contributed by atoms with Crippen molar-refractivity contribution < 1.29 is 4.74 Å². The van der Waals surface area contributed by atoms with Gasteiger partial charge < -0.3 is 10.5 Å². The van der Waals surface area contributed by atoms with Gasteiger partial charge in [-0.15, -0.1) is 0 Å². The largest absolute Gasteiger partial charge is 0.424 e. The first-order chi connectivity index (χ1) is 9.10. The van der Waals surface area contributed by atoms with Crippen LogP contribution in [0.5, 0.6) is 11.8 Å². The van der Waals surface area contributed by atoms with Crippen molar-refractivity contribution in [2.24, 2.45) is 5.73 Å². The first kappa shape index (κ1) is 13.4. The van der Waals surface area contributed by atoms with Crippen LogP contribution in [0.15, 0.2) is 30.3 Å². The van der Waals surface area contributed by atoms with Crippen LogP contribution in [0.3, 0.4) is 0 Å². The number of hydrogen-bond donors (Lipinski definition) is 1. The van der Waals surface area contributed by atoms with Crippen LogP contribution < -0.4 is 10.5 Å². The molecule has 0 saturated heterocycles. The minimum Gasteiger partial charge on any atom is -0.424 e. The van der Waals surface area contributed by atoms with Crippen molar-refractivity contribution in [3.8, 4) is 11.8 Å². The van der Waals surface area contributed by atoms with Gasteiger partial charge in [-0.1, -0.05) is 37.3 Å². The molecule has 0 amide bonds. The van der Waals surface area contributed by atoms with Crippen LogP contribution in [0.2, 0.25) is 0 Å². The number of benzene rings is 1. The van der Waals surface area contributed by atoms with Gasteiger partial charge >= 0.3 is 6.01 Å². The second kappa shape index (κ2) is 5.75. The number of rotatable bonds is 4. The zero-order chi connectivity index (χ0) is 13.8. The molecule has 1 aromatic carbocycles. The van der Waals surface area contributed by atoms with Crippen LogP contribution in [0, 0.1) is 6.92 Å². The molecule has 98 valence electrons. The molecule has 0 radical (unpaired) electrons. The molecule has 19 heavy (non-hydrogen) atoms. The monoisotopic (exact) mass is 273 g/mol. The smallest absolute Gasteiger partial charge is 0.322 e. The number of aromatic nitrogens is 2. The zero-order valence-corrected chi connectivity index (χ0v) is 11.7. The van der Waals surface area contributed by atoms with Crippen LogP contribution in [-0.4, -0.2) is 15.0 Å². The fraction of sp³-hybridized carbons (Fsp3) is 0.214. The molecular formula is C14H15N3OS. The number of aryl methyl sites for hydroxylation is 2. The Morgan fingerprint density at radius 3 is 2.74 bits per heavy atom. The predicted molar refractivity (Wildman–Crippen MR) is 78.6 cm³/mol. The average Bonchev–Trinajstić information content (AvgIpc) is 2.38. The molecule has 0 aliphatic rings. The minimum atomic E-state index is 0.235. The van der Waals surface area contributed by atoms with Gasteiger partial charge in [-0.05, 0) is 31.0 Å². The third-order valence-corrected chi connectivity index (χ3v) is 2.85. The van der Waals surface area contributed by atoms with E-state index in [1.807, 2.05) is 31.2 Å². The number of para-hydroxylation sites is 1. The third-order valence-electron chi connectivity index (χ3n) is 2.64. The Bertz CT molecular complexity index is 613. The molecule has 0 saturated carbocycles. The topological polar surface area (TPSA) is 61.0 Å². The molecule has 4 nitrogen and oxygen atoms in total. The van der Waals surface area contributed by atoms with Crippen molar-refractivity contribution in [1.82, 2.24) is 9.97 Å². The van der Waals surface area contributed by atoms with E-state index in [0.717, 1.165) is 23.4 Å². The summed E-state index contributed by atoms with van der Waals surface area (Å²) in [5, 5.41) is 0. The molecule has 5 heteroatoms. The van der Waals surface area contributed by atoms with E-state index in [-0.39, 0.29) is 11.0 Å². The molecular weight excluding hydrogens is 258 g/mol. The predicted octanol–water partition coefficient (Wildman–Crippen LogP) is 2.77. The van der Waals surface area contributed by atoms with Crippen molar-refractivity contribution in [3.63, 3.8) is 0 Å². The summed E-state index contributed by atoms with van der Waals surface area (Å²) in [6.07, 6.45) is 0.879. The van der Waals surface area contributed by atoms with E-state index in [4.69, 9.17) is 22.7 Å². The van der Waals surface area contributed by atoms with Crippen molar-refractivity contribution >= 4 is 17.2 Å². The summed E-state index contributed by atoms with van der Waals surface area (Å²) in [7, 11) is 0.